The zero-order chi connectivity index (χ0) is 6.78. The van der Waals surface area contributed by atoms with Gasteiger partial charge < -0.3 is 4.55 Å². The minimum atomic E-state index is -3.97. The van der Waals surface area contributed by atoms with E-state index in [-0.39, 0.29) is 41.2 Å². The van der Waals surface area contributed by atoms with E-state index in [0.29, 0.717) is 0 Å². The van der Waals surface area contributed by atoms with Crippen LogP contribution in [-0.2, 0) is 10.1 Å². The van der Waals surface area contributed by atoms with Crippen LogP contribution >= 0.6 is 0 Å². The average Bonchev–Trinajstić information content (AvgIpc) is 1.21. The van der Waals surface area contributed by atoms with Gasteiger partial charge in [-0.05, 0) is 5.92 Å². The van der Waals surface area contributed by atoms with Gasteiger partial charge in [0.15, 0.2) is 0 Å². The van der Waals surface area contributed by atoms with Gasteiger partial charge in [-0.15, -0.1) is 0 Å². The van der Waals surface area contributed by atoms with Crippen molar-refractivity contribution in [3.05, 3.63) is 0 Å². The van der Waals surface area contributed by atoms with Crippen molar-refractivity contribution in [3.8, 4) is 0 Å². The number of rotatable bonds is 2. The zero-order valence-electron chi connectivity index (χ0n) is 5.92. The summed E-state index contributed by atoms with van der Waals surface area (Å²) in [5, 5.41) is 0. The Balaban J connectivity index is 0. The molecule has 0 aliphatic heterocycles. The molecule has 0 aromatic heterocycles. The topological polar surface area (TPSA) is 57.2 Å². The van der Waals surface area contributed by atoms with Crippen molar-refractivity contribution in [2.24, 2.45) is 5.92 Å². The van der Waals surface area contributed by atoms with Crippen LogP contribution in [0.1, 0.15) is 13.8 Å². The van der Waals surface area contributed by atoms with Gasteiger partial charge >= 0.3 is 29.6 Å². The van der Waals surface area contributed by atoms with Crippen LogP contribution in [0.3, 0.4) is 0 Å². The summed E-state index contributed by atoms with van der Waals surface area (Å²) in [6.07, 6.45) is 0. The Morgan fingerprint density at radius 2 is 1.78 bits per heavy atom. The molecule has 5 heteroatoms. The van der Waals surface area contributed by atoms with E-state index in [2.05, 4.69) is 0 Å². The minimum absolute atomic E-state index is 0. The fourth-order valence-corrected chi connectivity index (χ4v) is 1.22. The molecule has 0 saturated carbocycles. The molecule has 0 rings (SSSR count). The molecule has 3 nitrogen and oxygen atoms in total. The monoisotopic (exact) mass is 160 g/mol. The Morgan fingerprint density at radius 1 is 1.44 bits per heavy atom. The third-order valence-corrected chi connectivity index (χ3v) is 1.61. The van der Waals surface area contributed by atoms with Crippen molar-refractivity contribution in [3.63, 3.8) is 0 Å². The first-order chi connectivity index (χ1) is 3.42. The van der Waals surface area contributed by atoms with Crippen LogP contribution in [0.25, 0.3) is 0 Å². The van der Waals surface area contributed by atoms with Gasteiger partial charge in [-0.1, -0.05) is 13.8 Å². The van der Waals surface area contributed by atoms with E-state index in [1.165, 1.54) is 0 Å². The van der Waals surface area contributed by atoms with Crippen molar-refractivity contribution in [2.75, 3.05) is 5.75 Å². The molecule has 0 aromatic rings. The van der Waals surface area contributed by atoms with Gasteiger partial charge in [0, 0.05) is 5.75 Å². The maximum Gasteiger partial charge on any atom is 1.00 e. The average molecular weight is 160 g/mol. The van der Waals surface area contributed by atoms with Crippen molar-refractivity contribution < 1.29 is 42.5 Å². The smallest absolute Gasteiger partial charge is 0.748 e. The van der Waals surface area contributed by atoms with Crippen molar-refractivity contribution in [1.29, 1.82) is 0 Å². The molecule has 50 valence electrons. The van der Waals surface area contributed by atoms with Crippen LogP contribution in [-0.4, -0.2) is 18.7 Å². The van der Waals surface area contributed by atoms with E-state index >= 15 is 0 Å². The Bertz CT molecular complexity index is 149. The third kappa shape index (κ3) is 12.2. The van der Waals surface area contributed by atoms with Crippen molar-refractivity contribution >= 4 is 10.1 Å². The summed E-state index contributed by atoms with van der Waals surface area (Å²) in [4.78, 5) is 0. The standard InChI is InChI=1S/C4H10O3S.Na/c1-4(2)3-8(5,6)7;/h4H,3H2,1-2H3,(H,5,6,7);/q;+1/p-1. The Hall–Kier alpha value is 0.910. The predicted molar refractivity (Wildman–Crippen MR) is 29.4 cm³/mol. The molecule has 0 saturated heterocycles. The van der Waals surface area contributed by atoms with Gasteiger partial charge in [0.2, 0.25) is 0 Å². The second-order valence-corrected chi connectivity index (χ2v) is 3.57. The molecule has 0 aliphatic carbocycles. The van der Waals surface area contributed by atoms with Crippen LogP contribution in [0.15, 0.2) is 0 Å². The SMILES string of the molecule is CC(C)CS(=O)(=O)[O-].[Na+]. The summed E-state index contributed by atoms with van der Waals surface area (Å²) in [6.45, 7) is 3.38. The Morgan fingerprint density at radius 3 is 1.78 bits per heavy atom. The van der Waals surface area contributed by atoms with Gasteiger partial charge in [-0.3, -0.25) is 0 Å². The van der Waals surface area contributed by atoms with E-state index in [1.807, 2.05) is 0 Å². The largest absolute Gasteiger partial charge is 1.00 e. The summed E-state index contributed by atoms with van der Waals surface area (Å²) in [5.41, 5.74) is 0. The van der Waals surface area contributed by atoms with E-state index in [0.717, 1.165) is 0 Å². The van der Waals surface area contributed by atoms with Gasteiger partial charge in [0.25, 0.3) is 0 Å². The molecule has 0 amide bonds. The number of hydrogen-bond donors (Lipinski definition) is 0. The van der Waals surface area contributed by atoms with Crippen LogP contribution in [0.5, 0.6) is 0 Å². The first-order valence-corrected chi connectivity index (χ1v) is 3.93. The summed E-state index contributed by atoms with van der Waals surface area (Å²) < 4.78 is 29.7. The summed E-state index contributed by atoms with van der Waals surface area (Å²) >= 11 is 0. The van der Waals surface area contributed by atoms with E-state index < -0.39 is 10.1 Å². The molecule has 0 unspecified atom stereocenters. The van der Waals surface area contributed by atoms with Gasteiger partial charge in [-0.25, -0.2) is 8.42 Å². The molecule has 0 radical (unpaired) electrons. The fourth-order valence-electron chi connectivity index (χ4n) is 0.408. The van der Waals surface area contributed by atoms with E-state index in [4.69, 9.17) is 0 Å². The maximum atomic E-state index is 9.89. The maximum absolute atomic E-state index is 9.89. The van der Waals surface area contributed by atoms with Gasteiger partial charge in [-0.2, -0.15) is 0 Å². The van der Waals surface area contributed by atoms with Crippen LogP contribution < -0.4 is 29.6 Å². The molecule has 0 spiro atoms. The molecule has 0 heterocycles. The van der Waals surface area contributed by atoms with E-state index in [1.54, 1.807) is 13.8 Å². The zero-order valence-corrected chi connectivity index (χ0v) is 8.73. The summed E-state index contributed by atoms with van der Waals surface area (Å²) in [5.74, 6) is -0.315. The molecular formula is C4H9NaO3S. The molecule has 0 bridgehead atoms. The minimum Gasteiger partial charge on any atom is -0.748 e. The molecule has 0 fully saturated rings. The first-order valence-electron chi connectivity index (χ1n) is 2.35. The quantitative estimate of drug-likeness (QED) is 0.323. The Labute approximate surface area is 77.9 Å². The number of hydrogen-bond acceptors (Lipinski definition) is 3. The van der Waals surface area contributed by atoms with Crippen LogP contribution in [0.2, 0.25) is 0 Å². The van der Waals surface area contributed by atoms with Gasteiger partial charge in [0.05, 0.1) is 10.1 Å². The Kier molecular flexibility index (Phi) is 6.54. The second-order valence-electron chi connectivity index (χ2n) is 2.12. The molecule has 0 N–H and O–H groups in total. The fraction of sp³-hybridized carbons (Fsp3) is 1.00. The molecule has 0 aromatic carbocycles. The van der Waals surface area contributed by atoms with Crippen molar-refractivity contribution in [1.82, 2.24) is 0 Å². The second kappa shape index (κ2) is 4.68. The van der Waals surface area contributed by atoms with Gasteiger partial charge in [0.1, 0.15) is 0 Å². The first kappa shape index (κ1) is 12.6. The molecule has 9 heavy (non-hydrogen) atoms. The van der Waals surface area contributed by atoms with E-state index in [9.17, 15) is 13.0 Å². The third-order valence-electron chi connectivity index (χ3n) is 0.537. The summed E-state index contributed by atoms with van der Waals surface area (Å²) in [6, 6.07) is 0. The molecular weight excluding hydrogens is 151 g/mol. The molecule has 0 aliphatic rings. The normalized spacial score (nSPS) is 11.1. The van der Waals surface area contributed by atoms with Crippen molar-refractivity contribution in [2.45, 2.75) is 13.8 Å². The molecule has 0 atom stereocenters. The predicted octanol–water partition coefficient (Wildman–Crippen LogP) is -2.81. The van der Waals surface area contributed by atoms with Crippen LogP contribution in [0.4, 0.5) is 0 Å². The van der Waals surface area contributed by atoms with Crippen LogP contribution in [0, 0.1) is 5.92 Å². The summed E-state index contributed by atoms with van der Waals surface area (Å²) in [7, 11) is -3.97.